The molecular formula is C23H25FN2O4. The fourth-order valence-electron chi connectivity index (χ4n) is 3.87. The predicted octanol–water partition coefficient (Wildman–Crippen LogP) is 2.83. The molecule has 0 spiro atoms. The van der Waals surface area contributed by atoms with Gasteiger partial charge in [0, 0.05) is 31.9 Å². The molecule has 0 N–H and O–H groups in total. The number of halogens is 1. The number of amides is 1. The van der Waals surface area contributed by atoms with Crippen molar-refractivity contribution in [2.45, 2.75) is 12.3 Å². The van der Waals surface area contributed by atoms with E-state index >= 15 is 0 Å². The third-order valence-electron chi connectivity index (χ3n) is 5.80. The van der Waals surface area contributed by atoms with Gasteiger partial charge in [0.25, 0.3) is 5.91 Å². The van der Waals surface area contributed by atoms with Crippen LogP contribution < -0.4 is 9.64 Å². The monoisotopic (exact) mass is 412 g/mol. The second-order valence-electron chi connectivity index (χ2n) is 7.67. The second kappa shape index (κ2) is 8.73. The molecule has 30 heavy (non-hydrogen) atoms. The molecule has 1 heterocycles. The van der Waals surface area contributed by atoms with E-state index in [1.165, 1.54) is 12.1 Å². The van der Waals surface area contributed by atoms with Crippen molar-refractivity contribution in [2.24, 2.45) is 5.92 Å². The molecule has 1 amide bonds. The van der Waals surface area contributed by atoms with Gasteiger partial charge in [-0.25, -0.2) is 4.39 Å². The van der Waals surface area contributed by atoms with Crippen molar-refractivity contribution in [3.05, 3.63) is 59.9 Å². The van der Waals surface area contributed by atoms with Crippen molar-refractivity contribution in [1.82, 2.24) is 4.90 Å². The highest BCUT2D eigenvalue weighted by atomic mass is 19.1. The molecule has 1 aliphatic heterocycles. The van der Waals surface area contributed by atoms with E-state index in [4.69, 9.17) is 9.47 Å². The van der Waals surface area contributed by atoms with E-state index in [1.807, 2.05) is 24.3 Å². The maximum Gasteiger partial charge on any atom is 0.310 e. The first kappa shape index (κ1) is 20.2. The summed E-state index contributed by atoms with van der Waals surface area (Å²) in [5.41, 5.74) is 2.02. The Morgan fingerprint density at radius 1 is 1.00 bits per heavy atom. The topological polar surface area (TPSA) is 59.1 Å². The summed E-state index contributed by atoms with van der Waals surface area (Å²) in [4.78, 5) is 28.6. The fourth-order valence-corrected chi connectivity index (χ4v) is 3.87. The van der Waals surface area contributed by atoms with Gasteiger partial charge in [0.1, 0.15) is 11.6 Å². The first-order chi connectivity index (χ1) is 14.5. The predicted molar refractivity (Wildman–Crippen MR) is 110 cm³/mol. The molecule has 6 nitrogen and oxygen atoms in total. The molecule has 0 aromatic heterocycles. The van der Waals surface area contributed by atoms with Crippen LogP contribution in [0.15, 0.2) is 48.5 Å². The van der Waals surface area contributed by atoms with Crippen LogP contribution in [-0.4, -0.2) is 56.7 Å². The van der Waals surface area contributed by atoms with Crippen LogP contribution in [0.5, 0.6) is 5.75 Å². The number of ether oxygens (including phenoxy) is 2. The maximum atomic E-state index is 13.0. The number of piperazine rings is 1. The molecule has 158 valence electrons. The molecule has 0 radical (unpaired) electrons. The third-order valence-corrected chi connectivity index (χ3v) is 5.80. The Morgan fingerprint density at radius 2 is 1.67 bits per heavy atom. The normalized spacial score (nSPS) is 20.6. The molecule has 1 saturated heterocycles. The molecule has 2 aliphatic rings. The van der Waals surface area contributed by atoms with Crippen LogP contribution in [-0.2, 0) is 14.3 Å². The molecule has 1 aliphatic carbocycles. The zero-order valence-electron chi connectivity index (χ0n) is 16.9. The van der Waals surface area contributed by atoms with Gasteiger partial charge >= 0.3 is 5.97 Å². The Bertz CT molecular complexity index is 892. The lowest BCUT2D eigenvalue weighted by atomic mass is 10.1. The van der Waals surface area contributed by atoms with Gasteiger partial charge < -0.3 is 19.3 Å². The lowest BCUT2D eigenvalue weighted by molar-refractivity contribution is -0.153. The van der Waals surface area contributed by atoms with Crippen LogP contribution in [0.25, 0.3) is 0 Å². The maximum absolute atomic E-state index is 13.0. The van der Waals surface area contributed by atoms with Gasteiger partial charge in [0.2, 0.25) is 0 Å². The van der Waals surface area contributed by atoms with Crippen molar-refractivity contribution in [2.75, 3.05) is 44.8 Å². The average molecular weight is 412 g/mol. The number of carbonyl (C=O) groups is 2. The molecule has 4 rings (SSSR count). The highest BCUT2D eigenvalue weighted by Crippen LogP contribution is 2.48. The van der Waals surface area contributed by atoms with Gasteiger partial charge in [-0.15, -0.1) is 0 Å². The minimum atomic E-state index is -0.352. The summed E-state index contributed by atoms with van der Waals surface area (Å²) in [6.45, 7) is 2.39. The summed E-state index contributed by atoms with van der Waals surface area (Å²) in [5.74, 6) is -0.189. The van der Waals surface area contributed by atoms with Crippen LogP contribution in [0.2, 0.25) is 0 Å². The van der Waals surface area contributed by atoms with Gasteiger partial charge in [-0.2, -0.15) is 0 Å². The standard InChI is InChI=1S/C23H25FN2O4/c1-29-19-8-6-18(7-9-19)25-10-12-26(13-11-25)22(27)15-30-23(28)21-14-20(21)16-2-4-17(24)5-3-16/h2-9,20-21H,10-15H2,1H3. The van der Waals surface area contributed by atoms with Crippen molar-refractivity contribution >= 4 is 17.6 Å². The minimum Gasteiger partial charge on any atom is -0.497 e. The van der Waals surface area contributed by atoms with Crippen LogP contribution in [0.4, 0.5) is 10.1 Å². The molecule has 0 bridgehead atoms. The van der Waals surface area contributed by atoms with Crippen molar-refractivity contribution in [3.63, 3.8) is 0 Å². The quantitative estimate of drug-likeness (QED) is 0.683. The van der Waals surface area contributed by atoms with E-state index in [0.717, 1.165) is 30.1 Å². The van der Waals surface area contributed by atoms with Gasteiger partial charge in [-0.05, 0) is 54.3 Å². The number of carbonyl (C=O) groups excluding carboxylic acids is 2. The zero-order chi connectivity index (χ0) is 21.1. The van der Waals surface area contributed by atoms with Gasteiger partial charge in [0.15, 0.2) is 6.61 Å². The van der Waals surface area contributed by atoms with E-state index in [0.29, 0.717) is 19.5 Å². The summed E-state index contributed by atoms with van der Waals surface area (Å²) < 4.78 is 23.5. The fraction of sp³-hybridized carbons (Fsp3) is 0.391. The number of methoxy groups -OCH3 is 1. The number of hydrogen-bond donors (Lipinski definition) is 0. The van der Waals surface area contributed by atoms with E-state index in [9.17, 15) is 14.0 Å². The molecule has 2 atom stereocenters. The van der Waals surface area contributed by atoms with Crippen LogP contribution in [0.3, 0.4) is 0 Å². The zero-order valence-corrected chi connectivity index (χ0v) is 16.9. The molecule has 2 fully saturated rings. The van der Waals surface area contributed by atoms with Gasteiger partial charge in [-0.1, -0.05) is 12.1 Å². The number of anilines is 1. The van der Waals surface area contributed by atoms with Crippen LogP contribution >= 0.6 is 0 Å². The molecule has 2 unspecified atom stereocenters. The van der Waals surface area contributed by atoms with Crippen molar-refractivity contribution in [3.8, 4) is 5.75 Å². The highest BCUT2D eigenvalue weighted by molar-refractivity contribution is 5.83. The third kappa shape index (κ3) is 4.56. The Morgan fingerprint density at radius 3 is 2.30 bits per heavy atom. The number of esters is 1. The van der Waals surface area contributed by atoms with E-state index in [-0.39, 0.29) is 36.1 Å². The number of hydrogen-bond acceptors (Lipinski definition) is 5. The van der Waals surface area contributed by atoms with E-state index < -0.39 is 0 Å². The number of nitrogens with zero attached hydrogens (tertiary/aromatic N) is 2. The molecule has 2 aromatic carbocycles. The summed E-state index contributed by atoms with van der Waals surface area (Å²) in [6, 6.07) is 14.0. The average Bonchev–Trinajstić information content (AvgIpc) is 3.59. The van der Waals surface area contributed by atoms with Crippen molar-refractivity contribution < 1.29 is 23.5 Å². The Hall–Kier alpha value is -3.09. The lowest BCUT2D eigenvalue weighted by Crippen LogP contribution is -2.50. The lowest BCUT2D eigenvalue weighted by Gasteiger charge is -2.36. The first-order valence-corrected chi connectivity index (χ1v) is 10.1. The minimum absolute atomic E-state index is 0.0567. The molecule has 1 saturated carbocycles. The molecular weight excluding hydrogens is 387 g/mol. The Labute approximate surface area is 175 Å². The summed E-state index contributed by atoms with van der Waals surface area (Å²) in [5, 5.41) is 0. The molecule has 2 aromatic rings. The highest BCUT2D eigenvalue weighted by Gasteiger charge is 2.45. The van der Waals surface area contributed by atoms with Crippen molar-refractivity contribution in [1.29, 1.82) is 0 Å². The van der Waals surface area contributed by atoms with E-state index in [1.54, 1.807) is 24.1 Å². The van der Waals surface area contributed by atoms with Crippen LogP contribution in [0, 0.1) is 11.7 Å². The summed E-state index contributed by atoms with van der Waals surface area (Å²) >= 11 is 0. The van der Waals surface area contributed by atoms with Gasteiger partial charge in [-0.3, -0.25) is 9.59 Å². The van der Waals surface area contributed by atoms with Gasteiger partial charge in [0.05, 0.1) is 13.0 Å². The largest absolute Gasteiger partial charge is 0.497 e. The Kier molecular flexibility index (Phi) is 5.88. The number of rotatable bonds is 6. The Balaban J connectivity index is 1.20. The second-order valence-corrected chi connectivity index (χ2v) is 7.67. The number of benzene rings is 2. The summed E-state index contributed by atoms with van der Waals surface area (Å²) in [7, 11) is 1.64. The first-order valence-electron chi connectivity index (χ1n) is 10.1. The van der Waals surface area contributed by atoms with Crippen LogP contribution in [0.1, 0.15) is 17.9 Å². The summed E-state index contributed by atoms with van der Waals surface area (Å²) in [6.07, 6.45) is 0.680. The smallest absolute Gasteiger partial charge is 0.310 e. The molecule has 7 heteroatoms. The van der Waals surface area contributed by atoms with E-state index in [2.05, 4.69) is 4.90 Å². The SMILES string of the molecule is COc1ccc(N2CCN(C(=O)COC(=O)C3CC3c3ccc(F)cc3)CC2)cc1.